The molecule has 0 fully saturated rings. The molecule has 0 atom stereocenters. The van der Waals surface area contributed by atoms with E-state index in [2.05, 4.69) is 22.1 Å². The molecule has 1 amide bonds. The monoisotopic (exact) mass is 506 g/mol. The van der Waals surface area contributed by atoms with Crippen molar-refractivity contribution in [1.82, 2.24) is 10.2 Å². The Bertz CT molecular complexity index is 1220. The molecule has 0 radical (unpaired) electrons. The van der Waals surface area contributed by atoms with Crippen molar-refractivity contribution < 1.29 is 22.7 Å². The lowest BCUT2D eigenvalue weighted by molar-refractivity contribution is -0.114. The van der Waals surface area contributed by atoms with Crippen LogP contribution in [0.3, 0.4) is 0 Å². The van der Waals surface area contributed by atoms with Gasteiger partial charge in [0.15, 0.2) is 15.8 Å². The zero-order valence-electron chi connectivity index (χ0n) is 17.9. The van der Waals surface area contributed by atoms with E-state index in [9.17, 15) is 13.2 Å². The van der Waals surface area contributed by atoms with Crippen molar-refractivity contribution in [3.05, 3.63) is 61.2 Å². The maximum atomic E-state index is 13.4. The van der Waals surface area contributed by atoms with E-state index in [-0.39, 0.29) is 15.7 Å². The molecule has 3 aromatic rings. The quantitative estimate of drug-likeness (QED) is 0.238. The van der Waals surface area contributed by atoms with Crippen molar-refractivity contribution in [3.8, 4) is 11.5 Å². The smallest absolute Gasteiger partial charge is 0.264 e. The molecular formula is C21H22N4O5S3. The van der Waals surface area contributed by atoms with Gasteiger partial charge in [-0.05, 0) is 24.3 Å². The molecule has 0 aliphatic heterocycles. The lowest BCUT2D eigenvalue weighted by Crippen LogP contribution is -2.38. The molecule has 0 saturated carbocycles. The van der Waals surface area contributed by atoms with Crippen LogP contribution >= 0.6 is 23.1 Å². The number of rotatable bonds is 11. The average Bonchev–Trinajstić information content (AvgIpc) is 3.28. The highest BCUT2D eigenvalue weighted by Gasteiger charge is 2.28. The Balaban J connectivity index is 1.91. The number of ether oxygens (including phenoxy) is 2. The SMILES string of the molecule is C=CCSc1nnc(NC(=O)CN(c2ccc(OC)c(OC)c2)S(=O)(=O)c2ccccc2)s1. The van der Waals surface area contributed by atoms with Crippen LogP contribution in [0, 0.1) is 0 Å². The van der Waals surface area contributed by atoms with Gasteiger partial charge >= 0.3 is 0 Å². The zero-order chi connectivity index (χ0) is 23.8. The van der Waals surface area contributed by atoms with Gasteiger partial charge in [-0.2, -0.15) is 0 Å². The molecule has 0 aliphatic carbocycles. The van der Waals surface area contributed by atoms with E-state index in [0.717, 1.165) is 4.31 Å². The minimum absolute atomic E-state index is 0.0478. The first-order chi connectivity index (χ1) is 15.9. The van der Waals surface area contributed by atoms with E-state index >= 15 is 0 Å². The zero-order valence-corrected chi connectivity index (χ0v) is 20.4. The van der Waals surface area contributed by atoms with Gasteiger partial charge in [-0.25, -0.2) is 8.42 Å². The lowest BCUT2D eigenvalue weighted by atomic mass is 10.2. The van der Waals surface area contributed by atoms with Gasteiger partial charge in [-0.3, -0.25) is 14.4 Å². The van der Waals surface area contributed by atoms with Crippen LogP contribution in [0.15, 0.2) is 70.4 Å². The summed E-state index contributed by atoms with van der Waals surface area (Å²) in [5, 5.41) is 10.8. The lowest BCUT2D eigenvalue weighted by Gasteiger charge is -2.24. The van der Waals surface area contributed by atoms with Gasteiger partial charge in [0.05, 0.1) is 24.8 Å². The third-order valence-corrected chi connectivity index (χ3v) is 8.01. The summed E-state index contributed by atoms with van der Waals surface area (Å²) in [6.45, 7) is 3.17. The van der Waals surface area contributed by atoms with Crippen molar-refractivity contribution in [3.63, 3.8) is 0 Å². The van der Waals surface area contributed by atoms with Crippen LogP contribution in [0.2, 0.25) is 0 Å². The first-order valence-corrected chi connectivity index (χ1v) is 12.8. The van der Waals surface area contributed by atoms with Gasteiger partial charge in [0, 0.05) is 11.8 Å². The Hall–Kier alpha value is -3.09. The number of anilines is 2. The summed E-state index contributed by atoms with van der Waals surface area (Å²) in [6.07, 6.45) is 1.74. The van der Waals surface area contributed by atoms with E-state index < -0.39 is 22.5 Å². The van der Waals surface area contributed by atoms with Crippen molar-refractivity contribution >= 4 is 49.8 Å². The molecule has 0 spiro atoms. The fraction of sp³-hybridized carbons (Fsp3) is 0.190. The number of benzene rings is 2. The van der Waals surface area contributed by atoms with E-state index in [1.54, 1.807) is 36.4 Å². The minimum Gasteiger partial charge on any atom is -0.493 e. The highest BCUT2D eigenvalue weighted by molar-refractivity contribution is 8.01. The molecule has 0 saturated heterocycles. The van der Waals surface area contributed by atoms with Crippen LogP contribution in [0.5, 0.6) is 11.5 Å². The molecule has 0 unspecified atom stereocenters. The number of amides is 1. The van der Waals surface area contributed by atoms with Gasteiger partial charge in [0.1, 0.15) is 6.54 Å². The molecule has 0 bridgehead atoms. The summed E-state index contributed by atoms with van der Waals surface area (Å²) < 4.78 is 39.1. The third-order valence-electron chi connectivity index (χ3n) is 4.25. The first-order valence-electron chi connectivity index (χ1n) is 9.56. The molecule has 33 heavy (non-hydrogen) atoms. The number of carbonyl (C=O) groups excluding carboxylic acids is 1. The summed E-state index contributed by atoms with van der Waals surface area (Å²) in [5.74, 6) is 0.851. The second-order valence-corrected chi connectivity index (χ2v) is 10.5. The maximum absolute atomic E-state index is 13.4. The second kappa shape index (κ2) is 11.2. The Labute approximate surface area is 200 Å². The summed E-state index contributed by atoms with van der Waals surface area (Å²) in [4.78, 5) is 12.9. The number of hydrogen-bond donors (Lipinski definition) is 1. The summed E-state index contributed by atoms with van der Waals surface area (Å²) in [7, 11) is -1.14. The number of methoxy groups -OCH3 is 2. The van der Waals surface area contributed by atoms with Gasteiger partial charge in [0.25, 0.3) is 10.0 Å². The summed E-state index contributed by atoms with van der Waals surface area (Å²) in [5.41, 5.74) is 0.242. The number of hydrogen-bond acceptors (Lipinski definition) is 9. The number of aromatic nitrogens is 2. The normalized spacial score (nSPS) is 11.0. The summed E-state index contributed by atoms with van der Waals surface area (Å²) in [6, 6.07) is 12.5. The summed E-state index contributed by atoms with van der Waals surface area (Å²) >= 11 is 2.63. The highest BCUT2D eigenvalue weighted by Crippen LogP contribution is 2.34. The topological polar surface area (TPSA) is 111 Å². The van der Waals surface area contributed by atoms with Gasteiger partial charge < -0.3 is 9.47 Å². The van der Waals surface area contributed by atoms with Crippen LogP contribution in [0.1, 0.15) is 0 Å². The molecule has 2 aromatic carbocycles. The Morgan fingerprint density at radius 1 is 1.15 bits per heavy atom. The van der Waals surface area contributed by atoms with Crippen LogP contribution in [0.4, 0.5) is 10.8 Å². The highest BCUT2D eigenvalue weighted by atomic mass is 32.2. The molecule has 174 valence electrons. The first kappa shape index (κ1) is 24.6. The number of nitrogens with one attached hydrogen (secondary N) is 1. The van der Waals surface area contributed by atoms with Crippen molar-refractivity contribution in [2.75, 3.05) is 36.1 Å². The average molecular weight is 507 g/mol. The molecule has 12 heteroatoms. The van der Waals surface area contributed by atoms with Crippen LogP contribution in [0.25, 0.3) is 0 Å². The minimum atomic E-state index is -4.06. The Morgan fingerprint density at radius 3 is 2.55 bits per heavy atom. The fourth-order valence-corrected chi connectivity index (χ4v) is 5.72. The third kappa shape index (κ3) is 6.03. The van der Waals surface area contributed by atoms with Gasteiger partial charge in [-0.15, -0.1) is 16.8 Å². The predicted molar refractivity (Wildman–Crippen MR) is 130 cm³/mol. The van der Waals surface area contributed by atoms with E-state index in [0.29, 0.717) is 21.6 Å². The van der Waals surface area contributed by atoms with Crippen LogP contribution in [-0.4, -0.2) is 51.0 Å². The number of nitrogens with zero attached hydrogens (tertiary/aromatic N) is 3. The van der Waals surface area contributed by atoms with E-state index in [1.807, 2.05) is 0 Å². The van der Waals surface area contributed by atoms with Crippen LogP contribution in [-0.2, 0) is 14.8 Å². The van der Waals surface area contributed by atoms with Crippen molar-refractivity contribution in [2.24, 2.45) is 0 Å². The molecule has 3 rings (SSSR count). The second-order valence-electron chi connectivity index (χ2n) is 6.38. The molecule has 1 heterocycles. The molecular weight excluding hydrogens is 484 g/mol. The Kier molecular flexibility index (Phi) is 8.31. The molecule has 1 N–H and O–H groups in total. The maximum Gasteiger partial charge on any atom is 0.264 e. The van der Waals surface area contributed by atoms with Gasteiger partial charge in [0.2, 0.25) is 11.0 Å². The fourth-order valence-electron chi connectivity index (χ4n) is 2.75. The van der Waals surface area contributed by atoms with Crippen molar-refractivity contribution in [1.29, 1.82) is 0 Å². The molecule has 9 nitrogen and oxygen atoms in total. The van der Waals surface area contributed by atoms with E-state index in [1.165, 1.54) is 55.5 Å². The van der Waals surface area contributed by atoms with E-state index in [4.69, 9.17) is 9.47 Å². The predicted octanol–water partition coefficient (Wildman–Crippen LogP) is 3.67. The van der Waals surface area contributed by atoms with Gasteiger partial charge in [-0.1, -0.05) is 47.4 Å². The molecule has 1 aromatic heterocycles. The largest absolute Gasteiger partial charge is 0.493 e. The van der Waals surface area contributed by atoms with Crippen molar-refractivity contribution in [2.45, 2.75) is 9.24 Å². The molecule has 0 aliphatic rings. The number of thioether (sulfide) groups is 1. The van der Waals surface area contributed by atoms with Crippen LogP contribution < -0.4 is 19.1 Å². The number of carbonyl (C=O) groups is 1. The number of sulfonamides is 1. The Morgan fingerprint density at radius 2 is 1.88 bits per heavy atom. The standard InChI is InChI=1S/C21H22N4O5S3/c1-4-12-31-21-24-23-20(32-21)22-19(26)14-25(33(27,28)16-8-6-5-7-9-16)15-10-11-17(29-2)18(13-15)30-3/h4-11,13H,1,12,14H2,2-3H3,(H,22,23,26).